The molecule has 0 aliphatic rings. The fourth-order valence-electron chi connectivity index (χ4n) is 1.82. The van der Waals surface area contributed by atoms with Crippen LogP contribution in [-0.2, 0) is 13.1 Å². The average Bonchev–Trinajstić information content (AvgIpc) is 2.94. The summed E-state index contributed by atoms with van der Waals surface area (Å²) in [4.78, 5) is 6.32. The van der Waals surface area contributed by atoms with E-state index in [1.807, 2.05) is 31.3 Å². The molecule has 0 fully saturated rings. The topological polar surface area (TPSA) is 53.7 Å². The van der Waals surface area contributed by atoms with E-state index >= 15 is 0 Å². The van der Waals surface area contributed by atoms with Crippen LogP contribution in [-0.4, -0.2) is 30.1 Å². The molecule has 0 atom stereocenters. The highest BCUT2D eigenvalue weighted by atomic mass is 16.5. The van der Waals surface area contributed by atoms with Gasteiger partial charge in [-0.1, -0.05) is 35.5 Å². The molecule has 19 heavy (non-hydrogen) atoms. The van der Waals surface area contributed by atoms with Crippen molar-refractivity contribution in [3.63, 3.8) is 0 Å². The fraction of sp³-hybridized carbons (Fsp3) is 0.286. The quantitative estimate of drug-likeness (QED) is 0.672. The van der Waals surface area contributed by atoms with Gasteiger partial charge in [0.15, 0.2) is 5.96 Å². The Kier molecular flexibility index (Phi) is 4.55. The summed E-state index contributed by atoms with van der Waals surface area (Å²) in [5.74, 6) is 0.826. The molecule has 0 radical (unpaired) electrons. The average molecular weight is 258 g/mol. The van der Waals surface area contributed by atoms with Gasteiger partial charge in [-0.3, -0.25) is 4.99 Å². The van der Waals surface area contributed by atoms with E-state index < -0.39 is 0 Å². The second kappa shape index (κ2) is 6.58. The maximum Gasteiger partial charge on any atom is 0.194 e. The summed E-state index contributed by atoms with van der Waals surface area (Å²) in [7, 11) is 3.78. The van der Waals surface area contributed by atoms with E-state index in [4.69, 9.17) is 4.52 Å². The van der Waals surface area contributed by atoms with Crippen molar-refractivity contribution in [3.05, 3.63) is 53.9 Å². The number of guanidine groups is 1. The number of hydrogen-bond donors (Lipinski definition) is 1. The molecule has 5 heteroatoms. The molecule has 0 saturated heterocycles. The minimum Gasteiger partial charge on any atom is -0.364 e. The van der Waals surface area contributed by atoms with Crippen LogP contribution in [0.4, 0.5) is 0 Å². The molecule has 1 aromatic heterocycles. The molecule has 0 spiro atoms. The molecular formula is C14H18N4O. The predicted octanol–water partition coefficient (Wildman–Crippen LogP) is 1.88. The Morgan fingerprint density at radius 3 is 2.74 bits per heavy atom. The molecule has 0 aliphatic heterocycles. The minimum absolute atomic E-state index is 0.600. The second-order valence-electron chi connectivity index (χ2n) is 4.23. The van der Waals surface area contributed by atoms with Crippen LogP contribution in [0.5, 0.6) is 0 Å². The number of rotatable bonds is 4. The molecule has 1 aromatic carbocycles. The van der Waals surface area contributed by atoms with Gasteiger partial charge in [0.1, 0.15) is 12.0 Å². The molecule has 0 bridgehead atoms. The Hall–Kier alpha value is -2.30. The van der Waals surface area contributed by atoms with Crippen molar-refractivity contribution in [2.75, 3.05) is 14.1 Å². The molecule has 0 aliphatic carbocycles. The third-order valence-electron chi connectivity index (χ3n) is 2.75. The number of nitrogens with zero attached hydrogens (tertiary/aromatic N) is 3. The normalized spacial score (nSPS) is 11.4. The zero-order chi connectivity index (χ0) is 13.5. The van der Waals surface area contributed by atoms with Crippen LogP contribution < -0.4 is 5.32 Å². The van der Waals surface area contributed by atoms with Crippen molar-refractivity contribution in [1.82, 2.24) is 15.4 Å². The SMILES string of the molecule is CN=C(NCc1ccon1)N(C)Cc1ccccc1. The summed E-state index contributed by atoms with van der Waals surface area (Å²) < 4.78 is 4.79. The molecule has 1 N–H and O–H groups in total. The van der Waals surface area contributed by atoms with E-state index in [9.17, 15) is 0 Å². The maximum absolute atomic E-state index is 4.79. The van der Waals surface area contributed by atoms with Crippen LogP contribution in [0.2, 0.25) is 0 Å². The van der Waals surface area contributed by atoms with Crippen LogP contribution >= 0.6 is 0 Å². The maximum atomic E-state index is 4.79. The Morgan fingerprint density at radius 2 is 2.11 bits per heavy atom. The Labute approximate surface area is 112 Å². The second-order valence-corrected chi connectivity index (χ2v) is 4.23. The Morgan fingerprint density at radius 1 is 1.32 bits per heavy atom. The molecule has 100 valence electrons. The Balaban J connectivity index is 1.90. The predicted molar refractivity (Wildman–Crippen MR) is 74.6 cm³/mol. The summed E-state index contributed by atoms with van der Waals surface area (Å²) in [6.07, 6.45) is 1.56. The van der Waals surface area contributed by atoms with Crippen LogP contribution in [0.15, 0.2) is 52.2 Å². The third-order valence-corrected chi connectivity index (χ3v) is 2.75. The fourth-order valence-corrected chi connectivity index (χ4v) is 1.82. The van der Waals surface area contributed by atoms with Crippen molar-refractivity contribution in [3.8, 4) is 0 Å². The van der Waals surface area contributed by atoms with E-state index in [1.165, 1.54) is 5.56 Å². The molecule has 2 rings (SSSR count). The molecular weight excluding hydrogens is 240 g/mol. The number of aliphatic imine (C=N–C) groups is 1. The van der Waals surface area contributed by atoms with Gasteiger partial charge < -0.3 is 14.7 Å². The Bertz CT molecular complexity index is 508. The first-order valence-electron chi connectivity index (χ1n) is 6.14. The van der Waals surface area contributed by atoms with Gasteiger partial charge in [-0.25, -0.2) is 0 Å². The highest BCUT2D eigenvalue weighted by molar-refractivity contribution is 5.79. The van der Waals surface area contributed by atoms with E-state index in [2.05, 4.69) is 32.5 Å². The van der Waals surface area contributed by atoms with Gasteiger partial charge in [0, 0.05) is 26.7 Å². The minimum atomic E-state index is 0.600. The van der Waals surface area contributed by atoms with Gasteiger partial charge in [-0.15, -0.1) is 0 Å². The van der Waals surface area contributed by atoms with Gasteiger partial charge in [0.2, 0.25) is 0 Å². The summed E-state index contributed by atoms with van der Waals surface area (Å²) in [6.45, 7) is 1.40. The first-order valence-corrected chi connectivity index (χ1v) is 6.14. The van der Waals surface area contributed by atoms with Gasteiger partial charge >= 0.3 is 0 Å². The highest BCUT2D eigenvalue weighted by Gasteiger charge is 2.07. The van der Waals surface area contributed by atoms with Gasteiger partial charge in [0.05, 0.1) is 6.54 Å². The van der Waals surface area contributed by atoms with Crippen molar-refractivity contribution in [1.29, 1.82) is 0 Å². The standard InChI is InChI=1S/C14H18N4O/c1-15-14(16-10-13-8-9-19-17-13)18(2)11-12-6-4-3-5-7-12/h3-9H,10-11H2,1-2H3,(H,15,16). The van der Waals surface area contributed by atoms with Crippen LogP contribution in [0.25, 0.3) is 0 Å². The summed E-state index contributed by atoms with van der Waals surface area (Å²) in [6, 6.07) is 12.1. The molecule has 2 aromatic rings. The summed E-state index contributed by atoms with van der Waals surface area (Å²) in [5, 5.41) is 7.10. The van der Waals surface area contributed by atoms with E-state index in [0.29, 0.717) is 6.54 Å². The van der Waals surface area contributed by atoms with Gasteiger partial charge in [-0.2, -0.15) is 0 Å². The van der Waals surface area contributed by atoms with Crippen molar-refractivity contribution in [2.24, 2.45) is 4.99 Å². The molecule has 0 saturated carbocycles. The molecule has 0 amide bonds. The monoisotopic (exact) mass is 258 g/mol. The molecule has 5 nitrogen and oxygen atoms in total. The van der Waals surface area contributed by atoms with Gasteiger partial charge in [0.25, 0.3) is 0 Å². The largest absolute Gasteiger partial charge is 0.364 e. The lowest BCUT2D eigenvalue weighted by Gasteiger charge is -2.21. The summed E-state index contributed by atoms with van der Waals surface area (Å²) >= 11 is 0. The van der Waals surface area contributed by atoms with Crippen molar-refractivity contribution >= 4 is 5.96 Å². The van der Waals surface area contributed by atoms with Crippen LogP contribution in [0.3, 0.4) is 0 Å². The van der Waals surface area contributed by atoms with Crippen molar-refractivity contribution in [2.45, 2.75) is 13.1 Å². The lowest BCUT2D eigenvalue weighted by atomic mass is 10.2. The van der Waals surface area contributed by atoms with Gasteiger partial charge in [-0.05, 0) is 5.56 Å². The third kappa shape index (κ3) is 3.84. The zero-order valence-electron chi connectivity index (χ0n) is 11.2. The first kappa shape index (κ1) is 13.1. The highest BCUT2D eigenvalue weighted by Crippen LogP contribution is 2.03. The lowest BCUT2D eigenvalue weighted by molar-refractivity contribution is 0.409. The first-order chi connectivity index (χ1) is 9.29. The number of benzene rings is 1. The van der Waals surface area contributed by atoms with Crippen LogP contribution in [0.1, 0.15) is 11.3 Å². The van der Waals surface area contributed by atoms with E-state index in [0.717, 1.165) is 18.2 Å². The summed E-state index contributed by atoms with van der Waals surface area (Å²) in [5.41, 5.74) is 2.10. The number of hydrogen-bond acceptors (Lipinski definition) is 3. The lowest BCUT2D eigenvalue weighted by Crippen LogP contribution is -2.38. The smallest absolute Gasteiger partial charge is 0.194 e. The zero-order valence-corrected chi connectivity index (χ0v) is 11.2. The molecule has 1 heterocycles. The van der Waals surface area contributed by atoms with Crippen molar-refractivity contribution < 1.29 is 4.52 Å². The molecule has 0 unspecified atom stereocenters. The van der Waals surface area contributed by atoms with Crippen LogP contribution in [0, 0.1) is 0 Å². The number of aromatic nitrogens is 1. The number of nitrogens with one attached hydrogen (secondary N) is 1. The van der Waals surface area contributed by atoms with E-state index in [-0.39, 0.29) is 0 Å². The van der Waals surface area contributed by atoms with E-state index in [1.54, 1.807) is 13.3 Å².